The van der Waals surface area contributed by atoms with Gasteiger partial charge in [0.2, 0.25) is 0 Å². The van der Waals surface area contributed by atoms with E-state index in [0.29, 0.717) is 0 Å². The molecule has 2 aromatic rings. The molecule has 0 aliphatic rings. The summed E-state index contributed by atoms with van der Waals surface area (Å²) in [6.07, 6.45) is 8.15. The molecule has 2 aromatic heterocycles. The van der Waals surface area contributed by atoms with Gasteiger partial charge in [0.25, 0.3) is 0 Å². The Bertz CT molecular complexity index is 408. The number of aromatic amines is 1. The van der Waals surface area contributed by atoms with Crippen LogP contribution in [0, 0.1) is 6.92 Å². The highest BCUT2D eigenvalue weighted by molar-refractivity contribution is 5.48. The van der Waals surface area contributed by atoms with Crippen LogP contribution in [0.4, 0.5) is 5.69 Å². The molecular weight excluding hydrogens is 188 g/mol. The van der Waals surface area contributed by atoms with E-state index in [1.165, 1.54) is 5.56 Å². The molecule has 0 amide bonds. The van der Waals surface area contributed by atoms with E-state index in [0.717, 1.165) is 24.3 Å². The van der Waals surface area contributed by atoms with Crippen LogP contribution in [0.1, 0.15) is 11.3 Å². The lowest BCUT2D eigenvalue weighted by Crippen LogP contribution is -2.06. The Labute approximate surface area is 88.8 Å². The normalized spacial score (nSPS) is 10.2. The molecule has 2 heterocycles. The van der Waals surface area contributed by atoms with E-state index in [2.05, 4.69) is 20.3 Å². The number of hydrogen-bond acceptors (Lipinski definition) is 3. The predicted octanol–water partition coefficient (Wildman–Crippen LogP) is 1.77. The van der Waals surface area contributed by atoms with E-state index >= 15 is 0 Å². The number of imidazole rings is 1. The number of aryl methyl sites for hydroxylation is 1. The fraction of sp³-hybridized carbons (Fsp3) is 0.273. The molecule has 4 heteroatoms. The highest BCUT2D eigenvalue weighted by atomic mass is 14.9. The van der Waals surface area contributed by atoms with Crippen molar-refractivity contribution in [2.45, 2.75) is 13.3 Å². The molecular formula is C11H14N4. The molecule has 0 aliphatic heterocycles. The lowest BCUT2D eigenvalue weighted by molar-refractivity contribution is 0.973. The second kappa shape index (κ2) is 4.59. The Morgan fingerprint density at radius 2 is 2.27 bits per heavy atom. The Morgan fingerprint density at radius 3 is 3.00 bits per heavy atom. The van der Waals surface area contributed by atoms with Crippen LogP contribution in [0.5, 0.6) is 0 Å². The molecule has 0 fully saturated rings. The number of nitrogens with zero attached hydrogens (tertiary/aromatic N) is 2. The van der Waals surface area contributed by atoms with Gasteiger partial charge in [-0.3, -0.25) is 4.98 Å². The topological polar surface area (TPSA) is 53.6 Å². The summed E-state index contributed by atoms with van der Waals surface area (Å²) in [6.45, 7) is 2.94. The third-order valence-electron chi connectivity index (χ3n) is 2.28. The van der Waals surface area contributed by atoms with Crippen molar-refractivity contribution in [2.75, 3.05) is 11.9 Å². The summed E-state index contributed by atoms with van der Waals surface area (Å²) in [7, 11) is 0. The number of rotatable bonds is 4. The van der Waals surface area contributed by atoms with Crippen molar-refractivity contribution in [3.63, 3.8) is 0 Å². The molecule has 0 unspecified atom stereocenters. The van der Waals surface area contributed by atoms with Crippen molar-refractivity contribution in [1.82, 2.24) is 15.0 Å². The average Bonchev–Trinajstić information content (AvgIpc) is 2.74. The molecule has 2 rings (SSSR count). The van der Waals surface area contributed by atoms with E-state index in [4.69, 9.17) is 0 Å². The van der Waals surface area contributed by atoms with E-state index in [-0.39, 0.29) is 0 Å². The van der Waals surface area contributed by atoms with Gasteiger partial charge in [-0.05, 0) is 18.6 Å². The fourth-order valence-electron chi connectivity index (χ4n) is 1.42. The van der Waals surface area contributed by atoms with Gasteiger partial charge in [0.1, 0.15) is 0 Å². The van der Waals surface area contributed by atoms with Gasteiger partial charge in [0.05, 0.1) is 6.33 Å². The number of hydrogen-bond donors (Lipinski definition) is 2. The first-order chi connectivity index (χ1) is 7.36. The number of anilines is 1. The zero-order valence-electron chi connectivity index (χ0n) is 8.70. The first-order valence-electron chi connectivity index (χ1n) is 4.98. The highest BCUT2D eigenvalue weighted by Gasteiger charge is 1.97. The van der Waals surface area contributed by atoms with E-state index in [1.54, 1.807) is 12.5 Å². The average molecular weight is 202 g/mol. The zero-order chi connectivity index (χ0) is 10.5. The van der Waals surface area contributed by atoms with Crippen molar-refractivity contribution in [3.8, 4) is 0 Å². The van der Waals surface area contributed by atoms with Crippen LogP contribution in [-0.2, 0) is 6.42 Å². The van der Waals surface area contributed by atoms with Gasteiger partial charge < -0.3 is 10.3 Å². The molecule has 0 atom stereocenters. The maximum Gasteiger partial charge on any atom is 0.0921 e. The molecule has 0 radical (unpaired) electrons. The minimum absolute atomic E-state index is 0.896. The largest absolute Gasteiger partial charge is 0.384 e. The van der Waals surface area contributed by atoms with Crippen molar-refractivity contribution in [1.29, 1.82) is 0 Å². The summed E-state index contributed by atoms with van der Waals surface area (Å²) in [6, 6.07) is 1.99. The summed E-state index contributed by atoms with van der Waals surface area (Å²) >= 11 is 0. The molecule has 0 bridgehead atoms. The van der Waals surface area contributed by atoms with Crippen molar-refractivity contribution in [2.24, 2.45) is 0 Å². The summed E-state index contributed by atoms with van der Waals surface area (Å²) in [5.41, 5.74) is 3.46. The van der Waals surface area contributed by atoms with Crippen LogP contribution in [0.3, 0.4) is 0 Å². The summed E-state index contributed by atoms with van der Waals surface area (Å²) in [5, 5.41) is 3.36. The van der Waals surface area contributed by atoms with Crippen molar-refractivity contribution >= 4 is 5.69 Å². The number of pyridine rings is 1. The number of H-pyrrole nitrogens is 1. The monoisotopic (exact) mass is 202 g/mol. The molecule has 0 aliphatic carbocycles. The molecule has 15 heavy (non-hydrogen) atoms. The maximum absolute atomic E-state index is 4.05. The number of nitrogens with one attached hydrogen (secondary N) is 2. The van der Waals surface area contributed by atoms with Crippen LogP contribution in [0.2, 0.25) is 0 Å². The Morgan fingerprint density at radius 1 is 1.33 bits per heavy atom. The van der Waals surface area contributed by atoms with Crippen LogP contribution < -0.4 is 5.32 Å². The second-order valence-corrected chi connectivity index (χ2v) is 3.44. The molecule has 0 aromatic carbocycles. The molecule has 0 saturated carbocycles. The minimum atomic E-state index is 0.896. The predicted molar refractivity (Wildman–Crippen MR) is 59.8 cm³/mol. The van der Waals surface area contributed by atoms with Crippen LogP contribution in [0.25, 0.3) is 0 Å². The quantitative estimate of drug-likeness (QED) is 0.794. The Balaban J connectivity index is 1.86. The zero-order valence-corrected chi connectivity index (χ0v) is 8.70. The standard InChI is InChI=1S/C11H14N4/c1-9-6-12-4-3-11(9)14-5-2-10-7-13-8-15-10/h3-4,6-8H,2,5H2,1H3,(H,12,14)(H,13,15). The van der Waals surface area contributed by atoms with Gasteiger partial charge >= 0.3 is 0 Å². The Hall–Kier alpha value is -1.84. The van der Waals surface area contributed by atoms with Gasteiger partial charge in [-0.2, -0.15) is 0 Å². The second-order valence-electron chi connectivity index (χ2n) is 3.44. The fourth-order valence-corrected chi connectivity index (χ4v) is 1.42. The lowest BCUT2D eigenvalue weighted by Gasteiger charge is -2.07. The SMILES string of the molecule is Cc1cnccc1NCCc1cnc[nH]1. The van der Waals surface area contributed by atoms with Gasteiger partial charge in [0.15, 0.2) is 0 Å². The van der Waals surface area contributed by atoms with Gasteiger partial charge in [-0.1, -0.05) is 0 Å². The highest BCUT2D eigenvalue weighted by Crippen LogP contribution is 2.11. The molecule has 0 saturated heterocycles. The van der Waals surface area contributed by atoms with Gasteiger partial charge in [0, 0.05) is 42.9 Å². The van der Waals surface area contributed by atoms with Gasteiger partial charge in [-0.15, -0.1) is 0 Å². The van der Waals surface area contributed by atoms with Crippen molar-refractivity contribution in [3.05, 3.63) is 42.2 Å². The maximum atomic E-state index is 4.05. The smallest absolute Gasteiger partial charge is 0.0921 e. The Kier molecular flexibility index (Phi) is 2.97. The third-order valence-corrected chi connectivity index (χ3v) is 2.28. The van der Waals surface area contributed by atoms with E-state index in [1.807, 2.05) is 25.4 Å². The minimum Gasteiger partial charge on any atom is -0.384 e. The third kappa shape index (κ3) is 2.56. The summed E-state index contributed by atoms with van der Waals surface area (Å²) < 4.78 is 0. The molecule has 0 spiro atoms. The van der Waals surface area contributed by atoms with E-state index in [9.17, 15) is 0 Å². The first kappa shape index (κ1) is 9.71. The van der Waals surface area contributed by atoms with Crippen molar-refractivity contribution < 1.29 is 0 Å². The number of aromatic nitrogens is 3. The van der Waals surface area contributed by atoms with Crippen LogP contribution >= 0.6 is 0 Å². The first-order valence-corrected chi connectivity index (χ1v) is 4.98. The molecule has 2 N–H and O–H groups in total. The van der Waals surface area contributed by atoms with E-state index < -0.39 is 0 Å². The summed E-state index contributed by atoms with van der Waals surface area (Å²) in [5.74, 6) is 0. The van der Waals surface area contributed by atoms with Crippen LogP contribution in [-0.4, -0.2) is 21.5 Å². The van der Waals surface area contributed by atoms with Gasteiger partial charge in [-0.25, -0.2) is 4.98 Å². The molecule has 4 nitrogen and oxygen atoms in total. The van der Waals surface area contributed by atoms with Crippen LogP contribution in [0.15, 0.2) is 31.0 Å². The molecule has 78 valence electrons. The summed E-state index contributed by atoms with van der Waals surface area (Å²) in [4.78, 5) is 11.1. The lowest BCUT2D eigenvalue weighted by atomic mass is 10.2.